The number of aromatic amines is 1. The van der Waals surface area contributed by atoms with Crippen LogP contribution >= 0.6 is 11.8 Å². The summed E-state index contributed by atoms with van der Waals surface area (Å²) in [5.74, 6) is 2.26. The summed E-state index contributed by atoms with van der Waals surface area (Å²) in [6.07, 6.45) is 0. The van der Waals surface area contributed by atoms with Crippen LogP contribution in [0.1, 0.15) is 40.7 Å². The number of fused-ring (bicyclic) bond motifs is 1. The van der Waals surface area contributed by atoms with Gasteiger partial charge < -0.3 is 14.3 Å². The van der Waals surface area contributed by atoms with E-state index in [2.05, 4.69) is 51.8 Å². The van der Waals surface area contributed by atoms with Gasteiger partial charge in [-0.25, -0.2) is 0 Å². The molecule has 32 heavy (non-hydrogen) atoms. The molecule has 1 N–H and O–H groups in total. The van der Waals surface area contributed by atoms with Gasteiger partial charge in [0.2, 0.25) is 0 Å². The molecule has 7 heteroatoms. The Hall–Kier alpha value is -3.06. The molecule has 0 radical (unpaired) electrons. The molecule has 0 fully saturated rings. The maximum atomic E-state index is 12.6. The van der Waals surface area contributed by atoms with Crippen molar-refractivity contribution < 1.29 is 4.74 Å². The SMILES string of the molecule is CCn1c(COc2cc(C)ccc2C)nnc1SCc1cc(=O)c2cc(C)cc(C)c2[nH]1. The van der Waals surface area contributed by atoms with E-state index in [1.807, 2.05) is 32.9 Å². The van der Waals surface area contributed by atoms with E-state index in [9.17, 15) is 4.79 Å². The highest BCUT2D eigenvalue weighted by molar-refractivity contribution is 7.98. The van der Waals surface area contributed by atoms with Crippen molar-refractivity contribution in [3.63, 3.8) is 0 Å². The predicted octanol–water partition coefficient (Wildman–Crippen LogP) is 5.24. The van der Waals surface area contributed by atoms with Crippen LogP contribution in [0.2, 0.25) is 0 Å². The molecule has 0 aliphatic carbocycles. The fourth-order valence-corrected chi connectivity index (χ4v) is 4.76. The summed E-state index contributed by atoms with van der Waals surface area (Å²) >= 11 is 1.56. The lowest BCUT2D eigenvalue weighted by molar-refractivity contribution is 0.286. The molecule has 0 saturated carbocycles. The van der Waals surface area contributed by atoms with Gasteiger partial charge in [-0.05, 0) is 69.0 Å². The van der Waals surface area contributed by atoms with E-state index in [1.165, 1.54) is 0 Å². The quantitative estimate of drug-likeness (QED) is 0.391. The van der Waals surface area contributed by atoms with Crippen LogP contribution in [0.15, 0.2) is 46.3 Å². The van der Waals surface area contributed by atoms with Crippen molar-refractivity contribution in [1.29, 1.82) is 0 Å². The Kier molecular flexibility index (Phi) is 6.37. The average Bonchev–Trinajstić information content (AvgIpc) is 3.15. The normalized spacial score (nSPS) is 11.3. The third-order valence-corrected chi connectivity index (χ3v) is 6.52. The molecule has 2 aromatic heterocycles. The molecule has 0 spiro atoms. The van der Waals surface area contributed by atoms with Gasteiger partial charge >= 0.3 is 0 Å². The van der Waals surface area contributed by atoms with Gasteiger partial charge in [-0.3, -0.25) is 4.79 Å². The smallest absolute Gasteiger partial charge is 0.191 e. The van der Waals surface area contributed by atoms with Crippen molar-refractivity contribution in [2.24, 2.45) is 0 Å². The highest BCUT2D eigenvalue weighted by Gasteiger charge is 2.14. The highest BCUT2D eigenvalue weighted by atomic mass is 32.2. The summed E-state index contributed by atoms with van der Waals surface area (Å²) in [6, 6.07) is 11.9. The maximum absolute atomic E-state index is 12.6. The van der Waals surface area contributed by atoms with Gasteiger partial charge in [0.15, 0.2) is 16.4 Å². The van der Waals surface area contributed by atoms with Crippen molar-refractivity contribution in [2.45, 2.75) is 58.7 Å². The first-order chi connectivity index (χ1) is 15.4. The number of nitrogens with one attached hydrogen (secondary N) is 1. The second kappa shape index (κ2) is 9.20. The Bertz CT molecular complexity index is 1340. The van der Waals surface area contributed by atoms with Gasteiger partial charge in [0.05, 0.1) is 5.52 Å². The van der Waals surface area contributed by atoms with Crippen molar-refractivity contribution in [3.05, 3.63) is 80.4 Å². The Morgan fingerprint density at radius 1 is 1.00 bits per heavy atom. The zero-order valence-corrected chi connectivity index (χ0v) is 20.0. The van der Waals surface area contributed by atoms with E-state index >= 15 is 0 Å². The maximum Gasteiger partial charge on any atom is 0.191 e. The van der Waals surface area contributed by atoms with Crippen molar-refractivity contribution in [1.82, 2.24) is 19.7 Å². The summed E-state index contributed by atoms with van der Waals surface area (Å²) in [5.41, 5.74) is 6.24. The Labute approximate surface area is 192 Å². The van der Waals surface area contributed by atoms with Crippen molar-refractivity contribution in [2.75, 3.05) is 0 Å². The number of aromatic nitrogens is 4. The topological polar surface area (TPSA) is 72.8 Å². The van der Waals surface area contributed by atoms with Crippen LogP contribution in [0.3, 0.4) is 0 Å². The molecule has 0 saturated heterocycles. The Morgan fingerprint density at radius 3 is 2.59 bits per heavy atom. The lowest BCUT2D eigenvalue weighted by atomic mass is 10.1. The third-order valence-electron chi connectivity index (χ3n) is 5.50. The first kappa shape index (κ1) is 22.1. The monoisotopic (exact) mass is 448 g/mol. The van der Waals surface area contributed by atoms with Gasteiger partial charge in [0.25, 0.3) is 0 Å². The average molecular weight is 449 g/mol. The van der Waals surface area contributed by atoms with Crippen LogP contribution in [-0.4, -0.2) is 19.7 Å². The van der Waals surface area contributed by atoms with E-state index in [-0.39, 0.29) is 5.43 Å². The molecule has 4 rings (SSSR count). The summed E-state index contributed by atoms with van der Waals surface area (Å²) in [6.45, 7) is 11.3. The van der Waals surface area contributed by atoms with Crippen LogP contribution in [0, 0.1) is 27.7 Å². The summed E-state index contributed by atoms with van der Waals surface area (Å²) in [4.78, 5) is 16.1. The molecule has 4 aromatic rings. The molecule has 166 valence electrons. The first-order valence-electron chi connectivity index (χ1n) is 10.7. The van der Waals surface area contributed by atoms with Gasteiger partial charge in [0, 0.05) is 29.4 Å². The molecule has 0 aliphatic rings. The number of rotatable bonds is 7. The number of pyridine rings is 1. The van der Waals surface area contributed by atoms with Crippen LogP contribution in [-0.2, 0) is 18.9 Å². The number of benzene rings is 2. The number of hydrogen-bond acceptors (Lipinski definition) is 5. The number of H-pyrrole nitrogens is 1. The molecule has 0 amide bonds. The molecule has 2 heterocycles. The van der Waals surface area contributed by atoms with E-state index in [4.69, 9.17) is 4.74 Å². The minimum absolute atomic E-state index is 0.0423. The first-order valence-corrected chi connectivity index (χ1v) is 11.7. The van der Waals surface area contributed by atoms with Crippen LogP contribution in [0.5, 0.6) is 5.75 Å². The molecular formula is C25H28N4O2S. The molecular weight excluding hydrogens is 420 g/mol. The Morgan fingerprint density at radius 2 is 1.81 bits per heavy atom. The standard InChI is InChI=1S/C25H28N4O2S/c1-6-29-23(13-31-22-11-15(2)7-8-17(22)4)27-28-25(29)32-14-19-12-21(30)20-10-16(3)9-18(5)24(20)26-19/h7-12H,6,13-14H2,1-5H3,(H,26,30). The molecule has 6 nitrogen and oxygen atoms in total. The van der Waals surface area contributed by atoms with Crippen molar-refractivity contribution in [3.8, 4) is 5.75 Å². The predicted molar refractivity (Wildman–Crippen MR) is 130 cm³/mol. The van der Waals surface area contributed by atoms with Crippen LogP contribution in [0.25, 0.3) is 10.9 Å². The molecule has 0 unspecified atom stereocenters. The third kappa shape index (κ3) is 4.58. The number of aryl methyl sites for hydroxylation is 4. The number of thioether (sulfide) groups is 1. The van der Waals surface area contributed by atoms with E-state index < -0.39 is 0 Å². The van der Waals surface area contributed by atoms with Gasteiger partial charge in [0.1, 0.15) is 12.4 Å². The minimum Gasteiger partial charge on any atom is -0.485 e. The highest BCUT2D eigenvalue weighted by Crippen LogP contribution is 2.24. The molecule has 0 aliphatic heterocycles. The van der Waals surface area contributed by atoms with Gasteiger partial charge in [-0.2, -0.15) is 0 Å². The second-order valence-corrected chi connectivity index (χ2v) is 9.10. The van der Waals surface area contributed by atoms with Crippen molar-refractivity contribution >= 4 is 22.7 Å². The van der Waals surface area contributed by atoms with Gasteiger partial charge in [-0.15, -0.1) is 10.2 Å². The lowest BCUT2D eigenvalue weighted by Gasteiger charge is -2.11. The minimum atomic E-state index is 0.0423. The summed E-state index contributed by atoms with van der Waals surface area (Å²) in [7, 11) is 0. The molecule has 2 aromatic carbocycles. The van der Waals surface area contributed by atoms with E-state index in [0.717, 1.165) is 62.1 Å². The van der Waals surface area contributed by atoms with Crippen LogP contribution in [0.4, 0.5) is 0 Å². The lowest BCUT2D eigenvalue weighted by Crippen LogP contribution is -2.08. The fourth-order valence-electron chi connectivity index (χ4n) is 3.84. The number of nitrogens with zero attached hydrogens (tertiary/aromatic N) is 3. The van der Waals surface area contributed by atoms with Gasteiger partial charge in [-0.1, -0.05) is 30.0 Å². The van der Waals surface area contributed by atoms with Crippen LogP contribution < -0.4 is 10.2 Å². The number of hydrogen-bond donors (Lipinski definition) is 1. The molecule has 0 atom stereocenters. The van der Waals surface area contributed by atoms with E-state index in [1.54, 1.807) is 17.8 Å². The summed E-state index contributed by atoms with van der Waals surface area (Å²) < 4.78 is 8.09. The van der Waals surface area contributed by atoms with E-state index in [0.29, 0.717) is 12.4 Å². The summed E-state index contributed by atoms with van der Waals surface area (Å²) in [5, 5.41) is 10.3. The molecule has 0 bridgehead atoms. The number of ether oxygens (including phenoxy) is 1. The second-order valence-electron chi connectivity index (χ2n) is 8.15. The fraction of sp³-hybridized carbons (Fsp3) is 0.320. The largest absolute Gasteiger partial charge is 0.485 e. The zero-order chi connectivity index (χ0) is 22.8. The Balaban J connectivity index is 1.51. The zero-order valence-electron chi connectivity index (χ0n) is 19.2.